The minimum Gasteiger partial charge on any atom is -0.508 e. The lowest BCUT2D eigenvalue weighted by Gasteiger charge is -2.29. The molecule has 5 rings (SSSR count). The highest BCUT2D eigenvalue weighted by Crippen LogP contribution is 2.27. The van der Waals surface area contributed by atoms with Crippen LogP contribution in [0.3, 0.4) is 0 Å². The number of nitrogens with zero attached hydrogens (tertiary/aromatic N) is 1. The molecule has 122 heavy (non-hydrogen) atoms. The fourth-order valence-corrected chi connectivity index (χ4v) is 16.4. The average Bonchev–Trinajstić information content (AvgIpc) is 1.03. The highest BCUT2D eigenvalue weighted by molar-refractivity contribution is 7.98. The van der Waals surface area contributed by atoms with Gasteiger partial charge in [0.05, 0.1) is 49.1 Å². The summed E-state index contributed by atoms with van der Waals surface area (Å²) in [5.74, 6) is -11.5. The quantitative estimate of drug-likeness (QED) is 0.0163. The van der Waals surface area contributed by atoms with Gasteiger partial charge in [-0.2, -0.15) is 11.8 Å². The molecule has 6 amide bonds. The van der Waals surface area contributed by atoms with Crippen LogP contribution in [-0.2, 0) is 89.6 Å². The number of H-pyrrole nitrogens is 1. The largest absolute Gasteiger partial charge is 0.508 e. The number of unbranched alkanes of at least 4 members (excludes halogenated alkanes) is 12. The Kier molecular flexibility index (Phi) is 48.8. The van der Waals surface area contributed by atoms with Crippen molar-refractivity contribution in [3.63, 3.8) is 0 Å². The van der Waals surface area contributed by atoms with Crippen molar-refractivity contribution in [1.29, 1.82) is 0 Å². The molecule has 23 heteroatoms. The molecule has 0 spiro atoms. The molecule has 672 valence electrons. The Morgan fingerprint density at radius 1 is 0.402 bits per heavy atom. The number of aromatic nitrogens is 2. The molecular formula is C99H146N8O14S. The highest BCUT2D eigenvalue weighted by Gasteiger charge is 2.39. The van der Waals surface area contributed by atoms with E-state index in [0.717, 1.165) is 36.0 Å². The molecule has 0 aliphatic heterocycles. The van der Waals surface area contributed by atoms with E-state index in [0.29, 0.717) is 42.7 Å². The number of thioether (sulfide) groups is 1. The molecule has 0 aliphatic rings. The first-order chi connectivity index (χ1) is 58.4. The van der Waals surface area contributed by atoms with Crippen LogP contribution in [0, 0.1) is 59.2 Å². The Labute approximate surface area is 731 Å². The summed E-state index contributed by atoms with van der Waals surface area (Å²) in [5.41, 5.74) is 3.80. The number of aromatic hydroxyl groups is 1. The summed E-state index contributed by atoms with van der Waals surface area (Å²) in [5, 5.41) is 38.8. The van der Waals surface area contributed by atoms with E-state index >= 15 is 4.79 Å². The second-order valence-electron chi connectivity index (χ2n) is 35.6. The molecule has 0 fully saturated rings. The van der Waals surface area contributed by atoms with E-state index in [1.807, 2.05) is 153 Å². The summed E-state index contributed by atoms with van der Waals surface area (Å²) in [6.07, 6.45) is 20.8. The number of Topliss-reactive ketones (excluding diaryl/α,β-unsaturated/α-hetero) is 6. The molecule has 0 radical (unpaired) electrons. The SMILES string of the molecule is CCCCCCCCCCCCCCCC(=O)N[C@@H](CC(C)C)C(=O)C[C@@H](Cc1ccc(O)cc1)C(=O)N[C@@H](CC(C)C)C(=O)C[C@@H](Cc1cnc[nH]1)C(=O)N[C@@H](CO)C(=O)C[C@@H](CC(C)C)C(=O)N[C@H](C(=O)C[C@@H](Cc1ccccc1)C(=O)N[C@@H](CCSC)C(=O)C[C@@H](C)C(=O)N[C@@H](Cc1ccccc1)C(=O)C[C@H](C)Cc1ccccc1)[C@@H](C)CC. The first kappa shape index (κ1) is 104. The van der Waals surface area contributed by atoms with Crippen LogP contribution in [0.4, 0.5) is 0 Å². The lowest BCUT2D eigenvalue weighted by atomic mass is 9.85. The number of carbonyl (C=O) groups is 12. The molecule has 0 unspecified atom stereocenters. The van der Waals surface area contributed by atoms with Crippen LogP contribution in [0.25, 0.3) is 0 Å². The zero-order valence-corrected chi connectivity index (χ0v) is 76.0. The number of aromatic amines is 1. The first-order valence-corrected chi connectivity index (χ1v) is 46.7. The molecule has 0 aliphatic carbocycles. The molecule has 1 aromatic heterocycles. The Morgan fingerprint density at radius 2 is 0.811 bits per heavy atom. The van der Waals surface area contributed by atoms with Gasteiger partial charge in [-0.15, -0.1) is 0 Å². The van der Waals surface area contributed by atoms with Crippen LogP contribution < -0.4 is 31.9 Å². The Morgan fingerprint density at radius 3 is 1.30 bits per heavy atom. The Hall–Kier alpha value is -8.96. The topological polar surface area (TPSA) is 346 Å². The van der Waals surface area contributed by atoms with E-state index in [9.17, 15) is 63.0 Å². The number of phenols is 1. The number of phenolic OH excluding ortho intramolecular Hbond substituents is 1. The van der Waals surface area contributed by atoms with Gasteiger partial charge < -0.3 is 47.1 Å². The van der Waals surface area contributed by atoms with Crippen molar-refractivity contribution in [3.05, 3.63) is 156 Å². The summed E-state index contributed by atoms with van der Waals surface area (Å²) in [6.45, 7) is 20.0. The van der Waals surface area contributed by atoms with Gasteiger partial charge in [0.2, 0.25) is 35.4 Å². The maximum absolute atomic E-state index is 15.1. The number of hydrogen-bond acceptors (Lipinski definition) is 16. The van der Waals surface area contributed by atoms with Crippen LogP contribution in [0.1, 0.15) is 265 Å². The van der Waals surface area contributed by atoms with Crippen LogP contribution in [0.5, 0.6) is 5.75 Å². The summed E-state index contributed by atoms with van der Waals surface area (Å²) in [6, 6.07) is 28.0. The lowest BCUT2D eigenvalue weighted by molar-refractivity contribution is -0.137. The van der Waals surface area contributed by atoms with E-state index in [2.05, 4.69) is 48.8 Å². The fraction of sp³-hybridized carbons (Fsp3) is 0.606. The molecule has 13 atom stereocenters. The monoisotopic (exact) mass is 1700 g/mol. The van der Waals surface area contributed by atoms with Crippen molar-refractivity contribution >= 4 is 81.9 Å². The second kappa shape index (κ2) is 57.5. The van der Waals surface area contributed by atoms with Gasteiger partial charge in [-0.1, -0.05) is 263 Å². The summed E-state index contributed by atoms with van der Waals surface area (Å²) in [7, 11) is 0. The number of rotatable bonds is 65. The predicted octanol–water partition coefficient (Wildman–Crippen LogP) is 15.4. The van der Waals surface area contributed by atoms with Gasteiger partial charge in [0, 0.05) is 86.9 Å². The maximum atomic E-state index is 15.1. The van der Waals surface area contributed by atoms with Gasteiger partial charge in [-0.05, 0) is 134 Å². The number of hydrogen-bond donors (Lipinski definition) is 9. The minimum absolute atomic E-state index is 0.00434. The van der Waals surface area contributed by atoms with E-state index < -0.39 is 144 Å². The lowest BCUT2D eigenvalue weighted by Crippen LogP contribution is -2.51. The molecule has 0 saturated heterocycles. The highest BCUT2D eigenvalue weighted by atomic mass is 32.2. The van der Waals surface area contributed by atoms with Gasteiger partial charge in [-0.25, -0.2) is 4.98 Å². The molecule has 1 heterocycles. The van der Waals surface area contributed by atoms with E-state index in [-0.39, 0.29) is 124 Å². The first-order valence-electron chi connectivity index (χ1n) is 45.3. The number of aliphatic hydroxyl groups is 1. The van der Waals surface area contributed by atoms with Crippen molar-refractivity contribution in [2.75, 3.05) is 18.6 Å². The molecule has 4 aromatic carbocycles. The summed E-state index contributed by atoms with van der Waals surface area (Å²) < 4.78 is 0. The number of nitrogens with one attached hydrogen (secondary N) is 7. The standard InChI is InChI=1S/C99H146N8O14S/c1-13-15-16-17-18-19-20-21-22-23-24-25-35-42-93(116)102-83(50-67(5)6)89(112)60-77(56-75-43-45-81(109)46-44-75)97(119)105-84(51-68(7)8)90(113)61-79(58-80-63-100-65-101-80)98(120)106-86(64-108)91(114)59-76(49-66(3)4)99(121)107-94(70(10)14-2)92(115)62-78(55-73-38-31-27-32-39-73)96(118)103-82(47-48-122-12)88(111)54-71(11)95(117)104-85(57-74-40-33-28-34-41-74)87(110)53-69(9)52-72-36-29-26-30-37-72/h26-34,36-41,43-46,63,65-71,76-79,82-86,94,108-109H,13-25,35,42,47-62,64H2,1-12H3,(H,100,101)(H,102,116)(H,103,118)(H,104,117)(H,105,119)(H,106,120)(H,107,121)/t69-,70+,71-,76-,77-,78-,79-,82+,83+,84+,85+,86+,94+/m1/s1. The Bertz CT molecular complexity index is 3950. The summed E-state index contributed by atoms with van der Waals surface area (Å²) in [4.78, 5) is 182. The summed E-state index contributed by atoms with van der Waals surface area (Å²) >= 11 is 1.47. The number of ketones is 6. The van der Waals surface area contributed by atoms with Crippen molar-refractivity contribution in [3.8, 4) is 5.75 Å². The molecule has 9 N–H and O–H groups in total. The van der Waals surface area contributed by atoms with Gasteiger partial charge in [-0.3, -0.25) is 57.5 Å². The van der Waals surface area contributed by atoms with Crippen molar-refractivity contribution in [1.82, 2.24) is 41.9 Å². The van der Waals surface area contributed by atoms with Crippen LogP contribution in [0.2, 0.25) is 0 Å². The smallest absolute Gasteiger partial charge is 0.224 e. The third kappa shape index (κ3) is 40.1. The van der Waals surface area contributed by atoms with Crippen molar-refractivity contribution in [2.24, 2.45) is 59.2 Å². The molecule has 0 saturated carbocycles. The van der Waals surface area contributed by atoms with E-state index in [1.54, 1.807) is 26.0 Å². The van der Waals surface area contributed by atoms with Gasteiger partial charge >= 0.3 is 0 Å². The third-order valence-corrected chi connectivity index (χ3v) is 23.8. The van der Waals surface area contributed by atoms with Crippen LogP contribution in [-0.4, -0.2) is 145 Å². The molecule has 22 nitrogen and oxygen atoms in total. The van der Waals surface area contributed by atoms with Gasteiger partial charge in [0.1, 0.15) is 11.8 Å². The normalized spacial score (nSPS) is 14.8. The maximum Gasteiger partial charge on any atom is 0.224 e. The van der Waals surface area contributed by atoms with Gasteiger partial charge in [0.25, 0.3) is 0 Å². The van der Waals surface area contributed by atoms with Crippen molar-refractivity contribution < 1.29 is 67.7 Å². The van der Waals surface area contributed by atoms with Crippen molar-refractivity contribution in [2.45, 2.75) is 305 Å². The third-order valence-electron chi connectivity index (χ3n) is 23.1. The predicted molar refractivity (Wildman–Crippen MR) is 484 cm³/mol. The number of aliphatic hydroxyl groups excluding tert-OH is 1. The molecular weight excluding hydrogens is 1560 g/mol. The van der Waals surface area contributed by atoms with Crippen LogP contribution in [0.15, 0.2) is 128 Å². The Balaban J connectivity index is 1.30. The number of amides is 6. The molecule has 5 aromatic rings. The van der Waals surface area contributed by atoms with E-state index in [1.165, 1.54) is 94.2 Å². The number of carbonyl (C=O) groups excluding carboxylic acids is 12. The fourth-order valence-electron chi connectivity index (χ4n) is 15.9. The van der Waals surface area contributed by atoms with Crippen LogP contribution >= 0.6 is 11.8 Å². The number of imidazole rings is 1. The average molecular weight is 1700 g/mol. The van der Waals surface area contributed by atoms with Gasteiger partial charge in [0.15, 0.2) is 34.7 Å². The zero-order valence-electron chi connectivity index (χ0n) is 75.1. The second-order valence-corrected chi connectivity index (χ2v) is 36.6. The van der Waals surface area contributed by atoms with E-state index in [4.69, 9.17) is 0 Å². The molecule has 0 bridgehead atoms. The number of benzene rings is 4. The minimum atomic E-state index is -1.56. The zero-order chi connectivity index (χ0) is 89.5.